The minimum atomic E-state index is 0.368. The van der Waals surface area contributed by atoms with Crippen LogP contribution in [0.2, 0.25) is 0 Å². The van der Waals surface area contributed by atoms with Crippen molar-refractivity contribution in [2.75, 3.05) is 0 Å². The fourth-order valence-corrected chi connectivity index (χ4v) is 0.491. The molecule has 1 heterocycles. The fourth-order valence-electron chi connectivity index (χ4n) is 0.491. The molecule has 0 unspecified atom stereocenters. The minimum absolute atomic E-state index is 0.368. The predicted molar refractivity (Wildman–Crippen MR) is 28.0 cm³/mol. The lowest BCUT2D eigenvalue weighted by molar-refractivity contribution is 0.524. The van der Waals surface area contributed by atoms with Crippen molar-refractivity contribution in [2.45, 2.75) is 6.42 Å². The van der Waals surface area contributed by atoms with Crippen LogP contribution in [-0.4, -0.2) is 0 Å². The van der Waals surface area contributed by atoms with E-state index in [0.29, 0.717) is 6.42 Å². The summed E-state index contributed by atoms with van der Waals surface area (Å²) >= 11 is 0. The largest absolute Gasteiger partial charge is 0.468 e. The van der Waals surface area contributed by atoms with Crippen LogP contribution >= 0.6 is 0 Å². The van der Waals surface area contributed by atoms with E-state index in [1.807, 2.05) is 6.07 Å². The summed E-state index contributed by atoms with van der Waals surface area (Å²) in [5.74, 6) is 0.729. The van der Waals surface area contributed by atoms with Crippen LogP contribution < -0.4 is 0 Å². The Hall–Kier alpha value is -1.23. The minimum Gasteiger partial charge on any atom is -0.468 e. The van der Waals surface area contributed by atoms with E-state index in [1.165, 1.54) is 0 Å². The van der Waals surface area contributed by atoms with Gasteiger partial charge in [-0.25, -0.2) is 0 Å². The molecular formula is C6H5NO. The fraction of sp³-hybridized carbons (Fsp3) is 0.167. The third kappa shape index (κ3) is 0.881. The molecule has 2 heteroatoms. The van der Waals surface area contributed by atoms with Crippen LogP contribution in [-0.2, 0) is 6.42 Å². The van der Waals surface area contributed by atoms with Gasteiger partial charge in [-0.3, -0.25) is 0 Å². The van der Waals surface area contributed by atoms with Crippen molar-refractivity contribution in [3.63, 3.8) is 0 Å². The molecule has 0 spiro atoms. The van der Waals surface area contributed by atoms with Crippen molar-refractivity contribution in [1.29, 1.82) is 5.26 Å². The van der Waals surface area contributed by atoms with Gasteiger partial charge in [-0.2, -0.15) is 5.26 Å². The zero-order valence-corrected chi connectivity index (χ0v) is 4.29. The Balaban J connectivity index is 2.67. The summed E-state index contributed by atoms with van der Waals surface area (Å²) in [5.41, 5.74) is 0. The first-order chi connectivity index (χ1) is 3.93. The number of nitrogens with zero attached hydrogens (tertiary/aromatic N) is 1. The maximum atomic E-state index is 8.13. The molecule has 1 aromatic heterocycles. The van der Waals surface area contributed by atoms with Gasteiger partial charge in [0.1, 0.15) is 5.76 Å². The van der Waals surface area contributed by atoms with Crippen molar-refractivity contribution in [2.24, 2.45) is 0 Å². The van der Waals surface area contributed by atoms with Crippen LogP contribution in [0.25, 0.3) is 0 Å². The molecule has 8 heavy (non-hydrogen) atoms. The highest BCUT2D eigenvalue weighted by Gasteiger charge is 1.88. The van der Waals surface area contributed by atoms with Crippen molar-refractivity contribution in [3.8, 4) is 6.07 Å². The maximum Gasteiger partial charge on any atom is 0.117 e. The van der Waals surface area contributed by atoms with E-state index in [-0.39, 0.29) is 0 Å². The molecule has 0 aliphatic rings. The van der Waals surface area contributed by atoms with Gasteiger partial charge in [0.2, 0.25) is 0 Å². The highest BCUT2D eigenvalue weighted by Crippen LogP contribution is 1.98. The van der Waals surface area contributed by atoms with Gasteiger partial charge in [-0.15, -0.1) is 0 Å². The van der Waals surface area contributed by atoms with Crippen LogP contribution in [0.4, 0.5) is 0 Å². The maximum absolute atomic E-state index is 8.13. The van der Waals surface area contributed by atoms with Crippen molar-refractivity contribution in [3.05, 3.63) is 24.2 Å². The van der Waals surface area contributed by atoms with Gasteiger partial charge >= 0.3 is 0 Å². The van der Waals surface area contributed by atoms with Crippen LogP contribution in [0.3, 0.4) is 0 Å². The van der Waals surface area contributed by atoms with Crippen LogP contribution in [0.1, 0.15) is 5.76 Å². The normalized spacial score (nSPS) is 8.38. The zero-order chi connectivity index (χ0) is 5.82. The van der Waals surface area contributed by atoms with Gasteiger partial charge in [0, 0.05) is 0 Å². The summed E-state index contributed by atoms with van der Waals surface area (Å²) in [6.07, 6.45) is 1.93. The quantitative estimate of drug-likeness (QED) is 0.543. The van der Waals surface area contributed by atoms with Crippen molar-refractivity contribution < 1.29 is 4.42 Å². The lowest BCUT2D eigenvalue weighted by Crippen LogP contribution is -1.70. The van der Waals surface area contributed by atoms with Crippen LogP contribution in [0.15, 0.2) is 22.8 Å². The summed E-state index contributed by atoms with van der Waals surface area (Å²) in [5, 5.41) is 8.13. The van der Waals surface area contributed by atoms with Gasteiger partial charge < -0.3 is 4.42 Å². The standard InChI is InChI=1S/C6H5NO/c7-4-3-6-2-1-5-8-6/h1-2,5H,3H2. The zero-order valence-electron chi connectivity index (χ0n) is 4.29. The van der Waals surface area contributed by atoms with Crippen LogP contribution in [0, 0.1) is 11.3 Å². The Morgan fingerprint density at radius 2 is 2.62 bits per heavy atom. The topological polar surface area (TPSA) is 36.9 Å². The van der Waals surface area contributed by atoms with Gasteiger partial charge in [0.05, 0.1) is 18.8 Å². The molecule has 0 N–H and O–H groups in total. The molecule has 0 fully saturated rings. The molecule has 0 aliphatic carbocycles. The average molecular weight is 107 g/mol. The van der Waals surface area contributed by atoms with E-state index in [1.54, 1.807) is 18.4 Å². The van der Waals surface area contributed by atoms with Gasteiger partial charge in [-0.05, 0) is 12.1 Å². The molecule has 40 valence electrons. The molecule has 0 aliphatic heterocycles. The molecule has 1 rings (SSSR count). The molecule has 0 radical (unpaired) electrons. The first-order valence-electron chi connectivity index (χ1n) is 2.33. The highest BCUT2D eigenvalue weighted by molar-refractivity contribution is 5.03. The van der Waals surface area contributed by atoms with Gasteiger partial charge in [0.15, 0.2) is 0 Å². The highest BCUT2D eigenvalue weighted by atomic mass is 16.3. The molecule has 0 aromatic carbocycles. The molecule has 0 amide bonds. The van der Waals surface area contributed by atoms with E-state index < -0.39 is 0 Å². The summed E-state index contributed by atoms with van der Waals surface area (Å²) in [7, 11) is 0. The molecule has 0 bridgehead atoms. The van der Waals surface area contributed by atoms with E-state index in [2.05, 4.69) is 0 Å². The summed E-state index contributed by atoms with van der Waals surface area (Å²) in [6, 6.07) is 5.53. The molecular weight excluding hydrogens is 102 g/mol. The number of furan rings is 1. The second-order valence-corrected chi connectivity index (χ2v) is 1.41. The monoisotopic (exact) mass is 107 g/mol. The molecule has 0 atom stereocenters. The Bertz CT molecular complexity index is 183. The number of nitriles is 1. The third-order valence-electron chi connectivity index (χ3n) is 0.833. The predicted octanol–water partition coefficient (Wildman–Crippen LogP) is 1.35. The summed E-state index contributed by atoms with van der Waals surface area (Å²) in [4.78, 5) is 0. The van der Waals surface area contributed by atoms with E-state index in [9.17, 15) is 0 Å². The number of hydrogen-bond donors (Lipinski definition) is 0. The SMILES string of the molecule is N#CCc1ccco1. The Kier molecular flexibility index (Phi) is 1.34. The Labute approximate surface area is 47.3 Å². The molecule has 1 aromatic rings. The first-order valence-corrected chi connectivity index (χ1v) is 2.33. The second kappa shape index (κ2) is 2.17. The molecule has 2 nitrogen and oxygen atoms in total. The number of rotatable bonds is 1. The number of hydrogen-bond acceptors (Lipinski definition) is 2. The third-order valence-corrected chi connectivity index (χ3v) is 0.833. The van der Waals surface area contributed by atoms with Crippen molar-refractivity contribution >= 4 is 0 Å². The molecule has 0 saturated heterocycles. The average Bonchev–Trinajstić information content (AvgIpc) is 2.19. The summed E-state index contributed by atoms with van der Waals surface area (Å²) in [6.45, 7) is 0. The van der Waals surface area contributed by atoms with Crippen molar-refractivity contribution in [1.82, 2.24) is 0 Å². The van der Waals surface area contributed by atoms with Crippen LogP contribution in [0.5, 0.6) is 0 Å². The molecule has 0 saturated carbocycles. The van der Waals surface area contributed by atoms with Gasteiger partial charge in [0.25, 0.3) is 0 Å². The lowest BCUT2D eigenvalue weighted by atomic mass is 10.4. The first kappa shape index (κ1) is 4.92. The smallest absolute Gasteiger partial charge is 0.117 e. The van der Waals surface area contributed by atoms with Gasteiger partial charge in [-0.1, -0.05) is 0 Å². The Morgan fingerprint density at radius 1 is 1.75 bits per heavy atom. The van der Waals surface area contributed by atoms with E-state index >= 15 is 0 Å². The second-order valence-electron chi connectivity index (χ2n) is 1.41. The van der Waals surface area contributed by atoms with E-state index in [0.717, 1.165) is 5.76 Å². The van der Waals surface area contributed by atoms with E-state index in [4.69, 9.17) is 9.68 Å². The lowest BCUT2D eigenvalue weighted by Gasteiger charge is -1.77. The summed E-state index contributed by atoms with van der Waals surface area (Å²) < 4.78 is 4.85. The Morgan fingerprint density at radius 3 is 3.12 bits per heavy atom.